The number of amides is 1. The lowest BCUT2D eigenvalue weighted by molar-refractivity contribution is 0.0584. The lowest BCUT2D eigenvalue weighted by Gasteiger charge is -2.25. The van der Waals surface area contributed by atoms with E-state index in [1.807, 2.05) is 0 Å². The summed E-state index contributed by atoms with van der Waals surface area (Å²) in [7, 11) is 2.59. The van der Waals surface area contributed by atoms with E-state index >= 15 is 0 Å². The molecule has 1 heterocycles. The van der Waals surface area contributed by atoms with Crippen molar-refractivity contribution in [1.29, 1.82) is 0 Å². The molecule has 0 aliphatic heterocycles. The summed E-state index contributed by atoms with van der Waals surface area (Å²) in [6, 6.07) is 1.41. The molecule has 9 heteroatoms. The van der Waals surface area contributed by atoms with Crippen LogP contribution in [0.25, 0.3) is 0 Å². The van der Waals surface area contributed by atoms with Gasteiger partial charge in [0.1, 0.15) is 15.8 Å². The molecule has 1 aromatic rings. The van der Waals surface area contributed by atoms with Crippen LogP contribution in [-0.4, -0.2) is 47.9 Å². The summed E-state index contributed by atoms with van der Waals surface area (Å²) in [5, 5.41) is 0.00302. The van der Waals surface area contributed by atoms with Crippen molar-refractivity contribution in [2.75, 3.05) is 24.4 Å². The van der Waals surface area contributed by atoms with Gasteiger partial charge in [-0.3, -0.25) is 9.69 Å². The number of alkyl halides is 1. The summed E-state index contributed by atoms with van der Waals surface area (Å²) in [5.41, 5.74) is -0.735. The van der Waals surface area contributed by atoms with E-state index < -0.39 is 17.7 Å². The van der Waals surface area contributed by atoms with E-state index in [1.165, 1.54) is 20.2 Å². The largest absolute Gasteiger partial charge is 0.465 e. The van der Waals surface area contributed by atoms with E-state index in [-0.39, 0.29) is 28.1 Å². The fraction of sp³-hybridized carbons (Fsp3) is 0.467. The Morgan fingerprint density at radius 1 is 1.29 bits per heavy atom. The quantitative estimate of drug-likeness (QED) is 0.292. The van der Waals surface area contributed by atoms with E-state index in [0.29, 0.717) is 4.60 Å². The molecular weight excluding hydrogens is 448 g/mol. The standard InChI is InChI=1S/C15H18Br2N2O5/c1-15(2,3)24-14(22)19(4)12-11(13(21)23-5)8(9(20)7-16)6-10(17)18-12/h6H,7H2,1-5H3. The Balaban J connectivity index is 3.50. The molecule has 0 atom stereocenters. The Kier molecular flexibility index (Phi) is 6.91. The molecule has 0 spiro atoms. The number of ketones is 1. The highest BCUT2D eigenvalue weighted by molar-refractivity contribution is 9.10. The van der Waals surface area contributed by atoms with Crippen LogP contribution in [0.1, 0.15) is 41.5 Å². The topological polar surface area (TPSA) is 85.8 Å². The molecule has 0 aliphatic rings. The number of Topliss-reactive ketones (excluding diaryl/α,β-unsaturated/α-hetero) is 1. The van der Waals surface area contributed by atoms with E-state index in [4.69, 9.17) is 9.47 Å². The maximum absolute atomic E-state index is 12.3. The fourth-order valence-electron chi connectivity index (χ4n) is 1.76. The smallest absolute Gasteiger partial charge is 0.415 e. The van der Waals surface area contributed by atoms with Crippen molar-refractivity contribution >= 4 is 55.5 Å². The number of esters is 1. The number of carbonyl (C=O) groups is 3. The van der Waals surface area contributed by atoms with E-state index in [2.05, 4.69) is 36.8 Å². The minimum Gasteiger partial charge on any atom is -0.465 e. The zero-order valence-electron chi connectivity index (χ0n) is 14.0. The maximum atomic E-state index is 12.3. The fourth-order valence-corrected chi connectivity index (χ4v) is 2.45. The number of aromatic nitrogens is 1. The molecule has 0 aliphatic carbocycles. The van der Waals surface area contributed by atoms with Crippen molar-refractivity contribution in [2.24, 2.45) is 0 Å². The zero-order valence-corrected chi connectivity index (χ0v) is 17.1. The van der Waals surface area contributed by atoms with Gasteiger partial charge in [0.15, 0.2) is 11.6 Å². The summed E-state index contributed by atoms with van der Waals surface area (Å²) < 4.78 is 10.3. The Morgan fingerprint density at radius 2 is 1.88 bits per heavy atom. The summed E-state index contributed by atoms with van der Waals surface area (Å²) in [6.07, 6.45) is -0.713. The highest BCUT2D eigenvalue weighted by Crippen LogP contribution is 2.27. The Hall–Kier alpha value is -1.48. The maximum Gasteiger partial charge on any atom is 0.415 e. The average molecular weight is 466 g/mol. The number of pyridine rings is 1. The first kappa shape index (κ1) is 20.6. The van der Waals surface area contributed by atoms with E-state index in [0.717, 1.165) is 4.90 Å². The van der Waals surface area contributed by atoms with Crippen LogP contribution < -0.4 is 4.90 Å². The SMILES string of the molecule is COC(=O)c1c(C(=O)CBr)cc(Br)nc1N(C)C(=O)OC(C)(C)C. The lowest BCUT2D eigenvalue weighted by Crippen LogP contribution is -2.36. The molecule has 1 aromatic heterocycles. The minimum absolute atomic E-state index is 0.00302. The third kappa shape index (κ3) is 5.01. The van der Waals surface area contributed by atoms with E-state index in [1.54, 1.807) is 20.8 Å². The summed E-state index contributed by atoms with van der Waals surface area (Å²) in [5.74, 6) is -1.16. The molecule has 24 heavy (non-hydrogen) atoms. The highest BCUT2D eigenvalue weighted by Gasteiger charge is 2.29. The van der Waals surface area contributed by atoms with Crippen LogP contribution in [0.3, 0.4) is 0 Å². The van der Waals surface area contributed by atoms with Crippen molar-refractivity contribution in [3.63, 3.8) is 0 Å². The Morgan fingerprint density at radius 3 is 2.33 bits per heavy atom. The lowest BCUT2D eigenvalue weighted by atomic mass is 10.1. The molecule has 1 rings (SSSR count). The van der Waals surface area contributed by atoms with Gasteiger partial charge in [0.25, 0.3) is 0 Å². The molecule has 0 fully saturated rings. The molecule has 0 unspecified atom stereocenters. The number of hydrogen-bond donors (Lipinski definition) is 0. The minimum atomic E-state index is -0.773. The number of ether oxygens (including phenoxy) is 2. The van der Waals surface area contributed by atoms with Crippen molar-refractivity contribution in [2.45, 2.75) is 26.4 Å². The zero-order chi connectivity index (χ0) is 18.7. The third-order valence-corrected chi connectivity index (χ3v) is 3.68. The molecular formula is C15H18Br2N2O5. The van der Waals surface area contributed by atoms with Gasteiger partial charge in [-0.15, -0.1) is 0 Å². The summed E-state index contributed by atoms with van der Waals surface area (Å²) >= 11 is 6.25. The number of methoxy groups -OCH3 is 1. The monoisotopic (exact) mass is 464 g/mol. The molecule has 0 saturated carbocycles. The van der Waals surface area contributed by atoms with Gasteiger partial charge < -0.3 is 9.47 Å². The number of halogens is 2. The van der Waals surface area contributed by atoms with Crippen molar-refractivity contribution in [1.82, 2.24) is 4.98 Å². The summed E-state index contributed by atoms with van der Waals surface area (Å²) in [6.45, 7) is 5.15. The van der Waals surface area contributed by atoms with Crippen LogP contribution in [0.5, 0.6) is 0 Å². The van der Waals surface area contributed by atoms with Gasteiger partial charge in [0.05, 0.1) is 12.4 Å². The molecule has 7 nitrogen and oxygen atoms in total. The predicted molar refractivity (Wildman–Crippen MR) is 96.0 cm³/mol. The van der Waals surface area contributed by atoms with Crippen molar-refractivity contribution in [3.8, 4) is 0 Å². The molecule has 0 bridgehead atoms. The molecule has 1 amide bonds. The van der Waals surface area contributed by atoms with Crippen LogP contribution in [0.15, 0.2) is 10.7 Å². The molecule has 0 radical (unpaired) electrons. The van der Waals surface area contributed by atoms with Gasteiger partial charge >= 0.3 is 12.1 Å². The van der Waals surface area contributed by atoms with Gasteiger partial charge in [-0.2, -0.15) is 0 Å². The van der Waals surface area contributed by atoms with Crippen LogP contribution >= 0.6 is 31.9 Å². The second-order valence-electron chi connectivity index (χ2n) is 5.78. The van der Waals surface area contributed by atoms with Gasteiger partial charge in [-0.1, -0.05) is 15.9 Å². The number of rotatable bonds is 4. The van der Waals surface area contributed by atoms with Gasteiger partial charge in [-0.25, -0.2) is 14.6 Å². The second-order valence-corrected chi connectivity index (χ2v) is 7.15. The normalized spacial score (nSPS) is 11.0. The molecule has 0 aromatic carbocycles. The van der Waals surface area contributed by atoms with Gasteiger partial charge in [-0.05, 0) is 42.8 Å². The number of anilines is 1. The molecule has 132 valence electrons. The van der Waals surface area contributed by atoms with Crippen LogP contribution in [0.2, 0.25) is 0 Å². The third-order valence-electron chi connectivity index (χ3n) is 2.77. The van der Waals surface area contributed by atoms with Gasteiger partial charge in [0, 0.05) is 12.6 Å². The van der Waals surface area contributed by atoms with Gasteiger partial charge in [0.2, 0.25) is 0 Å². The number of hydrogen-bond acceptors (Lipinski definition) is 6. The first-order valence-corrected chi connectivity index (χ1v) is 8.78. The van der Waals surface area contributed by atoms with Crippen molar-refractivity contribution < 1.29 is 23.9 Å². The highest BCUT2D eigenvalue weighted by atomic mass is 79.9. The molecule has 0 saturated heterocycles. The van der Waals surface area contributed by atoms with Crippen LogP contribution in [0.4, 0.5) is 10.6 Å². The predicted octanol–water partition coefficient (Wildman–Crippen LogP) is 3.58. The number of carbonyl (C=O) groups excluding carboxylic acids is 3. The first-order chi connectivity index (χ1) is 11.0. The van der Waals surface area contributed by atoms with E-state index in [9.17, 15) is 14.4 Å². The number of nitrogens with zero attached hydrogens (tertiary/aromatic N) is 2. The van der Waals surface area contributed by atoms with Crippen LogP contribution in [0, 0.1) is 0 Å². The molecule has 0 N–H and O–H groups in total. The second kappa shape index (κ2) is 8.06. The Bertz CT molecular complexity index is 671. The average Bonchev–Trinajstić information content (AvgIpc) is 2.49. The van der Waals surface area contributed by atoms with Crippen molar-refractivity contribution in [3.05, 3.63) is 21.8 Å². The first-order valence-electron chi connectivity index (χ1n) is 6.86. The van der Waals surface area contributed by atoms with Crippen LogP contribution in [-0.2, 0) is 9.47 Å². The Labute approximate surface area is 157 Å². The summed E-state index contributed by atoms with van der Waals surface area (Å²) in [4.78, 5) is 41.8.